The van der Waals surface area contributed by atoms with E-state index in [1.807, 2.05) is 6.92 Å². The van der Waals surface area contributed by atoms with Crippen molar-refractivity contribution in [2.75, 3.05) is 38.5 Å². The molecule has 164 valence electrons. The van der Waals surface area contributed by atoms with Crippen molar-refractivity contribution < 1.29 is 21.2 Å². The maximum atomic E-state index is 13.2. The van der Waals surface area contributed by atoms with Crippen molar-refractivity contribution in [2.45, 2.75) is 18.4 Å². The Balaban J connectivity index is 1.85. The lowest BCUT2D eigenvalue weighted by molar-refractivity contribution is 0.355. The van der Waals surface area contributed by atoms with Crippen molar-refractivity contribution in [2.24, 2.45) is 0 Å². The number of sulfonamides is 2. The molecule has 2 aromatic carbocycles. The van der Waals surface area contributed by atoms with Crippen LogP contribution in [0.1, 0.15) is 11.1 Å². The smallest absolute Gasteiger partial charge is 0.243 e. The van der Waals surface area contributed by atoms with E-state index in [2.05, 4.69) is 5.32 Å². The molecule has 0 amide bonds. The van der Waals surface area contributed by atoms with Gasteiger partial charge in [0, 0.05) is 39.3 Å². The van der Waals surface area contributed by atoms with Crippen LogP contribution < -0.4 is 5.32 Å². The minimum absolute atomic E-state index is 0.0481. The third kappa shape index (κ3) is 5.64. The average molecular weight is 456 g/mol. The molecule has 0 spiro atoms. The minimum atomic E-state index is -3.94. The fourth-order valence-corrected chi connectivity index (χ4v) is 6.20. The summed E-state index contributed by atoms with van der Waals surface area (Å²) in [4.78, 5) is 0.0924. The van der Waals surface area contributed by atoms with E-state index < -0.39 is 25.9 Å². The summed E-state index contributed by atoms with van der Waals surface area (Å²) < 4.78 is 67.7. The van der Waals surface area contributed by atoms with Gasteiger partial charge in [0.25, 0.3) is 0 Å². The maximum absolute atomic E-state index is 13.2. The van der Waals surface area contributed by atoms with Crippen molar-refractivity contribution in [1.29, 1.82) is 0 Å². The van der Waals surface area contributed by atoms with Crippen molar-refractivity contribution in [1.82, 2.24) is 13.9 Å². The van der Waals surface area contributed by atoms with E-state index in [9.17, 15) is 21.2 Å². The van der Waals surface area contributed by atoms with Crippen LogP contribution in [0.25, 0.3) is 0 Å². The van der Waals surface area contributed by atoms with Crippen LogP contribution in [-0.4, -0.2) is 63.9 Å². The van der Waals surface area contributed by atoms with E-state index in [4.69, 9.17) is 0 Å². The topological polar surface area (TPSA) is 86.8 Å². The number of aryl methyl sites for hydroxylation is 1. The molecular weight excluding hydrogens is 429 g/mol. The Bertz CT molecular complexity index is 1050. The molecule has 0 saturated carbocycles. The lowest BCUT2D eigenvalue weighted by atomic mass is 10.2. The summed E-state index contributed by atoms with van der Waals surface area (Å²) in [6.45, 7) is 3.48. The van der Waals surface area contributed by atoms with E-state index in [1.54, 1.807) is 12.1 Å². The Hall–Kier alpha value is -1.85. The summed E-state index contributed by atoms with van der Waals surface area (Å²) in [5.41, 5.74) is 1.49. The highest BCUT2D eigenvalue weighted by molar-refractivity contribution is 7.90. The van der Waals surface area contributed by atoms with Gasteiger partial charge < -0.3 is 5.32 Å². The molecule has 1 heterocycles. The van der Waals surface area contributed by atoms with Crippen LogP contribution in [0.5, 0.6) is 0 Å². The van der Waals surface area contributed by atoms with Gasteiger partial charge in [0.2, 0.25) is 20.0 Å². The van der Waals surface area contributed by atoms with Crippen molar-refractivity contribution in [3.8, 4) is 0 Å². The number of hydrogen-bond donors (Lipinski definition) is 1. The van der Waals surface area contributed by atoms with E-state index in [1.165, 1.54) is 40.7 Å². The monoisotopic (exact) mass is 455 g/mol. The first-order valence-corrected chi connectivity index (χ1v) is 12.7. The summed E-state index contributed by atoms with van der Waals surface area (Å²) in [7, 11) is -7.53. The lowest BCUT2D eigenvalue weighted by Crippen LogP contribution is -2.48. The van der Waals surface area contributed by atoms with Crippen LogP contribution in [0.4, 0.5) is 4.39 Å². The molecule has 1 N–H and O–H groups in total. The van der Waals surface area contributed by atoms with Gasteiger partial charge in [-0.05, 0) is 36.8 Å². The van der Waals surface area contributed by atoms with Gasteiger partial charge in [-0.15, -0.1) is 0 Å². The van der Waals surface area contributed by atoms with Crippen molar-refractivity contribution in [3.63, 3.8) is 0 Å². The first-order valence-electron chi connectivity index (χ1n) is 9.68. The van der Waals surface area contributed by atoms with Crippen LogP contribution in [-0.2, 0) is 26.6 Å². The molecule has 1 aliphatic rings. The highest BCUT2D eigenvalue weighted by atomic mass is 32.2. The van der Waals surface area contributed by atoms with Crippen molar-refractivity contribution in [3.05, 3.63) is 65.5 Å². The molecule has 0 unspecified atom stereocenters. The molecule has 0 aliphatic carbocycles. The molecule has 3 rings (SSSR count). The molecule has 1 fully saturated rings. The fourth-order valence-electron chi connectivity index (χ4n) is 3.21. The predicted molar refractivity (Wildman–Crippen MR) is 113 cm³/mol. The SMILES string of the molecule is Cc1ccc(S(=O)(=O)N(CCS(=O)(=O)N2CCNCC2)Cc2ccc(F)cc2)cc1. The molecule has 10 heteroatoms. The van der Waals surface area contributed by atoms with Gasteiger partial charge in [0.1, 0.15) is 5.82 Å². The predicted octanol–water partition coefficient (Wildman–Crippen LogP) is 1.56. The van der Waals surface area contributed by atoms with Gasteiger partial charge >= 0.3 is 0 Å². The third-order valence-electron chi connectivity index (χ3n) is 5.00. The Labute approximate surface area is 177 Å². The number of rotatable bonds is 8. The summed E-state index contributed by atoms with van der Waals surface area (Å²) >= 11 is 0. The average Bonchev–Trinajstić information content (AvgIpc) is 2.73. The largest absolute Gasteiger partial charge is 0.314 e. The zero-order chi connectivity index (χ0) is 21.8. The van der Waals surface area contributed by atoms with Gasteiger partial charge in [-0.2, -0.15) is 8.61 Å². The van der Waals surface area contributed by atoms with E-state index in [0.29, 0.717) is 31.7 Å². The second kappa shape index (κ2) is 9.52. The molecule has 1 saturated heterocycles. The van der Waals surface area contributed by atoms with E-state index >= 15 is 0 Å². The Kier molecular flexibility index (Phi) is 7.25. The van der Waals surface area contributed by atoms with Gasteiger partial charge in [0.05, 0.1) is 10.6 Å². The number of nitrogens with one attached hydrogen (secondary N) is 1. The highest BCUT2D eigenvalue weighted by Gasteiger charge is 2.29. The van der Waals surface area contributed by atoms with Gasteiger partial charge in [-0.1, -0.05) is 29.8 Å². The number of hydrogen-bond acceptors (Lipinski definition) is 5. The summed E-state index contributed by atoms with van der Waals surface area (Å²) in [6.07, 6.45) is 0. The summed E-state index contributed by atoms with van der Waals surface area (Å²) in [6, 6.07) is 11.9. The maximum Gasteiger partial charge on any atom is 0.243 e. The van der Waals surface area contributed by atoms with Crippen molar-refractivity contribution >= 4 is 20.0 Å². The van der Waals surface area contributed by atoms with Crippen LogP contribution in [0.2, 0.25) is 0 Å². The highest BCUT2D eigenvalue weighted by Crippen LogP contribution is 2.20. The first kappa shape index (κ1) is 22.8. The van der Waals surface area contributed by atoms with Gasteiger partial charge in [-0.25, -0.2) is 21.2 Å². The Morgan fingerprint density at radius 2 is 1.57 bits per heavy atom. The van der Waals surface area contributed by atoms with E-state index in [-0.39, 0.29) is 23.7 Å². The van der Waals surface area contributed by atoms with Crippen LogP contribution in [0.15, 0.2) is 53.4 Å². The Morgan fingerprint density at radius 3 is 2.17 bits per heavy atom. The molecule has 30 heavy (non-hydrogen) atoms. The number of nitrogens with zero attached hydrogens (tertiary/aromatic N) is 2. The van der Waals surface area contributed by atoms with Gasteiger partial charge in [-0.3, -0.25) is 0 Å². The second-order valence-electron chi connectivity index (χ2n) is 7.24. The molecule has 7 nitrogen and oxygen atoms in total. The normalized spacial score (nSPS) is 16.1. The summed E-state index contributed by atoms with van der Waals surface area (Å²) in [5.74, 6) is -0.743. The minimum Gasteiger partial charge on any atom is -0.314 e. The van der Waals surface area contributed by atoms with Crippen LogP contribution >= 0.6 is 0 Å². The lowest BCUT2D eigenvalue weighted by Gasteiger charge is -2.28. The zero-order valence-corrected chi connectivity index (χ0v) is 18.4. The van der Waals surface area contributed by atoms with E-state index in [0.717, 1.165) is 9.87 Å². The molecular formula is C20H26FN3O4S2. The first-order chi connectivity index (χ1) is 14.2. The number of halogens is 1. The Morgan fingerprint density at radius 1 is 0.967 bits per heavy atom. The molecule has 0 bridgehead atoms. The quantitative estimate of drug-likeness (QED) is 0.653. The molecule has 1 aliphatic heterocycles. The van der Waals surface area contributed by atoms with Crippen LogP contribution in [0.3, 0.4) is 0 Å². The zero-order valence-electron chi connectivity index (χ0n) is 16.8. The molecule has 0 radical (unpaired) electrons. The second-order valence-corrected chi connectivity index (χ2v) is 11.3. The fraction of sp³-hybridized carbons (Fsp3) is 0.400. The van der Waals surface area contributed by atoms with Crippen LogP contribution in [0, 0.1) is 12.7 Å². The van der Waals surface area contributed by atoms with Gasteiger partial charge in [0.15, 0.2) is 0 Å². The number of benzene rings is 2. The number of piperazine rings is 1. The third-order valence-corrected chi connectivity index (χ3v) is 8.71. The molecule has 2 aromatic rings. The standard InChI is InChI=1S/C20H26FN3O4S2/c1-17-2-8-20(9-3-17)30(27,28)24(16-18-4-6-19(21)7-5-18)14-15-29(25,26)23-12-10-22-11-13-23/h2-9,22H,10-16H2,1H3. The molecule has 0 aromatic heterocycles. The molecule has 0 atom stereocenters. The summed E-state index contributed by atoms with van der Waals surface area (Å²) in [5, 5.41) is 3.10.